The number of nitrogens with zero attached hydrogens (tertiary/aromatic N) is 1. The van der Waals surface area contributed by atoms with E-state index < -0.39 is 6.10 Å². The molecule has 0 amide bonds. The number of furan rings is 1. The van der Waals surface area contributed by atoms with Gasteiger partial charge in [0.05, 0.1) is 25.1 Å². The van der Waals surface area contributed by atoms with Gasteiger partial charge in [-0.15, -0.1) is 0 Å². The summed E-state index contributed by atoms with van der Waals surface area (Å²) in [4.78, 5) is 2.27. The average molecular weight is 359 g/mol. The molecular weight excluding hydrogens is 330 g/mol. The third-order valence-electron chi connectivity index (χ3n) is 4.62. The normalized spacial score (nSPS) is 18.5. The molecule has 5 nitrogen and oxygen atoms in total. The molecule has 1 N–H and O–H groups in total. The zero-order valence-electron chi connectivity index (χ0n) is 15.5. The molecule has 2 aromatic rings. The Hall–Kier alpha value is -1.66. The Morgan fingerprint density at radius 1 is 1.27 bits per heavy atom. The summed E-state index contributed by atoms with van der Waals surface area (Å²) >= 11 is 0. The maximum absolute atomic E-state index is 10.4. The second-order valence-corrected chi connectivity index (χ2v) is 7.06. The van der Waals surface area contributed by atoms with Crippen molar-refractivity contribution < 1.29 is 19.0 Å². The molecule has 0 saturated carbocycles. The van der Waals surface area contributed by atoms with Crippen molar-refractivity contribution >= 4 is 0 Å². The van der Waals surface area contributed by atoms with Crippen LogP contribution in [-0.4, -0.2) is 48.5 Å². The standard InChI is InChI=1S/C21H29NO4/c1-17-6-8-18(9-7-17)12-22(14-20-4-2-10-25-20)13-19(23)15-24-16-21-5-3-11-26-21/h3,5-9,11,19-20,23H,2,4,10,12-16H2,1H3/t19-,20+/m0/s1. The van der Waals surface area contributed by atoms with Gasteiger partial charge in [-0.05, 0) is 37.5 Å². The third kappa shape index (κ3) is 6.25. The molecule has 3 rings (SSSR count). The highest BCUT2D eigenvalue weighted by Gasteiger charge is 2.21. The summed E-state index contributed by atoms with van der Waals surface area (Å²) in [5.41, 5.74) is 2.50. The van der Waals surface area contributed by atoms with Crippen LogP contribution in [0.1, 0.15) is 29.7 Å². The number of hydrogen-bond acceptors (Lipinski definition) is 5. The Labute approximate surface area is 155 Å². The van der Waals surface area contributed by atoms with E-state index in [2.05, 4.69) is 36.1 Å². The number of ether oxygens (including phenoxy) is 2. The van der Waals surface area contributed by atoms with Gasteiger partial charge in [0.2, 0.25) is 0 Å². The number of hydrogen-bond donors (Lipinski definition) is 1. The fraction of sp³-hybridized carbons (Fsp3) is 0.524. The van der Waals surface area contributed by atoms with E-state index in [0.717, 1.165) is 38.3 Å². The average Bonchev–Trinajstić information content (AvgIpc) is 3.31. The van der Waals surface area contributed by atoms with E-state index in [1.54, 1.807) is 6.26 Å². The number of benzene rings is 1. The second-order valence-electron chi connectivity index (χ2n) is 7.06. The summed E-state index contributed by atoms with van der Waals surface area (Å²) in [6.07, 6.45) is 3.56. The lowest BCUT2D eigenvalue weighted by atomic mass is 10.1. The summed E-state index contributed by atoms with van der Waals surface area (Å²) in [7, 11) is 0. The molecule has 1 fully saturated rings. The summed E-state index contributed by atoms with van der Waals surface area (Å²) < 4.78 is 16.6. The maximum Gasteiger partial charge on any atom is 0.129 e. The van der Waals surface area contributed by atoms with Gasteiger partial charge in [-0.25, -0.2) is 0 Å². The quantitative estimate of drug-likeness (QED) is 0.706. The molecule has 1 saturated heterocycles. The van der Waals surface area contributed by atoms with Crippen LogP contribution in [-0.2, 0) is 22.6 Å². The van der Waals surface area contributed by atoms with E-state index in [9.17, 15) is 5.11 Å². The number of aliphatic hydroxyl groups excluding tert-OH is 1. The Balaban J connectivity index is 1.50. The molecule has 2 atom stereocenters. The van der Waals surface area contributed by atoms with E-state index in [1.807, 2.05) is 12.1 Å². The molecule has 142 valence electrons. The van der Waals surface area contributed by atoms with Crippen LogP contribution in [0, 0.1) is 6.92 Å². The van der Waals surface area contributed by atoms with Crippen molar-refractivity contribution in [3.63, 3.8) is 0 Å². The van der Waals surface area contributed by atoms with Gasteiger partial charge in [-0.2, -0.15) is 0 Å². The van der Waals surface area contributed by atoms with Crippen molar-refractivity contribution in [3.8, 4) is 0 Å². The molecular formula is C21H29NO4. The van der Waals surface area contributed by atoms with Crippen LogP contribution in [0.4, 0.5) is 0 Å². The van der Waals surface area contributed by atoms with Crippen molar-refractivity contribution in [3.05, 3.63) is 59.5 Å². The highest BCUT2D eigenvalue weighted by atomic mass is 16.5. The monoisotopic (exact) mass is 359 g/mol. The smallest absolute Gasteiger partial charge is 0.129 e. The lowest BCUT2D eigenvalue weighted by molar-refractivity contribution is -0.00635. The van der Waals surface area contributed by atoms with E-state index >= 15 is 0 Å². The van der Waals surface area contributed by atoms with Crippen LogP contribution in [0.15, 0.2) is 47.1 Å². The van der Waals surface area contributed by atoms with Gasteiger partial charge >= 0.3 is 0 Å². The predicted octanol–water partition coefficient (Wildman–Crippen LogP) is 3.15. The fourth-order valence-electron chi connectivity index (χ4n) is 3.27. The minimum absolute atomic E-state index is 0.261. The van der Waals surface area contributed by atoms with Crippen molar-refractivity contribution in [1.29, 1.82) is 0 Å². The molecule has 0 aliphatic carbocycles. The van der Waals surface area contributed by atoms with Crippen molar-refractivity contribution in [2.75, 3.05) is 26.3 Å². The van der Waals surface area contributed by atoms with Gasteiger partial charge < -0.3 is 19.0 Å². The summed E-state index contributed by atoms with van der Waals surface area (Å²) in [5, 5.41) is 10.4. The van der Waals surface area contributed by atoms with Gasteiger partial charge in [0.25, 0.3) is 0 Å². The van der Waals surface area contributed by atoms with E-state index in [-0.39, 0.29) is 12.7 Å². The topological polar surface area (TPSA) is 55.1 Å². The van der Waals surface area contributed by atoms with Gasteiger partial charge in [0, 0.05) is 26.2 Å². The van der Waals surface area contributed by atoms with Crippen LogP contribution in [0.5, 0.6) is 0 Å². The first-order chi connectivity index (χ1) is 12.7. The zero-order chi connectivity index (χ0) is 18.2. The molecule has 1 aliphatic rings. The second kappa shape index (κ2) is 9.88. The highest BCUT2D eigenvalue weighted by Crippen LogP contribution is 2.16. The van der Waals surface area contributed by atoms with Crippen molar-refractivity contribution in [2.45, 2.75) is 45.1 Å². The molecule has 5 heteroatoms. The van der Waals surface area contributed by atoms with Gasteiger partial charge in [-0.1, -0.05) is 29.8 Å². The van der Waals surface area contributed by atoms with Crippen LogP contribution < -0.4 is 0 Å². The molecule has 0 unspecified atom stereocenters. The van der Waals surface area contributed by atoms with Gasteiger partial charge in [0.1, 0.15) is 12.4 Å². The Bertz CT molecular complexity index is 620. The van der Waals surface area contributed by atoms with Crippen LogP contribution in [0.25, 0.3) is 0 Å². The molecule has 1 aromatic heterocycles. The van der Waals surface area contributed by atoms with Crippen LogP contribution in [0.3, 0.4) is 0 Å². The fourth-order valence-corrected chi connectivity index (χ4v) is 3.27. The van der Waals surface area contributed by atoms with Crippen molar-refractivity contribution in [2.24, 2.45) is 0 Å². The summed E-state index contributed by atoms with van der Waals surface area (Å²) in [6, 6.07) is 12.3. The molecule has 0 spiro atoms. The first-order valence-electron chi connectivity index (χ1n) is 9.37. The minimum Gasteiger partial charge on any atom is -0.467 e. The molecule has 0 bridgehead atoms. The molecule has 1 aromatic carbocycles. The highest BCUT2D eigenvalue weighted by molar-refractivity contribution is 5.21. The number of aryl methyl sites for hydroxylation is 1. The van der Waals surface area contributed by atoms with Gasteiger partial charge in [-0.3, -0.25) is 4.90 Å². The SMILES string of the molecule is Cc1ccc(CN(C[C@H](O)COCc2ccco2)C[C@H]2CCCO2)cc1. The Morgan fingerprint density at radius 3 is 2.81 bits per heavy atom. The molecule has 0 radical (unpaired) electrons. The number of aliphatic hydroxyl groups is 1. The Morgan fingerprint density at radius 2 is 2.12 bits per heavy atom. The van der Waals surface area contributed by atoms with Crippen LogP contribution in [0.2, 0.25) is 0 Å². The first-order valence-corrected chi connectivity index (χ1v) is 9.37. The molecule has 1 aliphatic heterocycles. The third-order valence-corrected chi connectivity index (χ3v) is 4.62. The molecule has 26 heavy (non-hydrogen) atoms. The van der Waals surface area contributed by atoms with Crippen molar-refractivity contribution in [1.82, 2.24) is 4.90 Å². The lowest BCUT2D eigenvalue weighted by Gasteiger charge is -2.27. The predicted molar refractivity (Wildman–Crippen MR) is 99.8 cm³/mol. The van der Waals surface area contributed by atoms with Gasteiger partial charge in [0.15, 0.2) is 0 Å². The molecule has 2 heterocycles. The largest absolute Gasteiger partial charge is 0.467 e. The Kier molecular flexibility index (Phi) is 7.26. The van der Waals surface area contributed by atoms with E-state index in [4.69, 9.17) is 13.9 Å². The number of rotatable bonds is 10. The minimum atomic E-state index is -0.545. The summed E-state index contributed by atoms with van der Waals surface area (Å²) in [6.45, 7) is 5.81. The summed E-state index contributed by atoms with van der Waals surface area (Å²) in [5.74, 6) is 0.771. The van der Waals surface area contributed by atoms with Crippen LogP contribution >= 0.6 is 0 Å². The van der Waals surface area contributed by atoms with E-state index in [1.165, 1.54) is 11.1 Å². The lowest BCUT2D eigenvalue weighted by Crippen LogP contribution is -2.39. The first kappa shape index (κ1) is 19.1. The zero-order valence-corrected chi connectivity index (χ0v) is 15.5. The maximum atomic E-state index is 10.4. The van der Waals surface area contributed by atoms with E-state index in [0.29, 0.717) is 13.2 Å².